The Morgan fingerprint density at radius 1 is 1.56 bits per heavy atom. The van der Waals surface area contributed by atoms with Crippen LogP contribution in [-0.2, 0) is 4.79 Å². The summed E-state index contributed by atoms with van der Waals surface area (Å²) in [6.07, 6.45) is 3.06. The van der Waals surface area contributed by atoms with Gasteiger partial charge in [-0.05, 0) is 37.8 Å². The Kier molecular flexibility index (Phi) is 2.94. The van der Waals surface area contributed by atoms with Crippen molar-refractivity contribution in [3.8, 4) is 0 Å². The van der Waals surface area contributed by atoms with Gasteiger partial charge < -0.3 is 16.2 Å². The molecule has 0 saturated heterocycles. The number of carbonyl (C=O) groups is 2. The average molecular weight is 249 g/mol. The molecule has 1 aromatic heterocycles. The molecule has 0 radical (unpaired) electrons. The lowest BCUT2D eigenvalue weighted by Crippen LogP contribution is -2.54. The van der Waals surface area contributed by atoms with Crippen LogP contribution in [-0.4, -0.2) is 27.5 Å². The third-order valence-corrected chi connectivity index (χ3v) is 3.27. The molecule has 1 aromatic rings. The van der Waals surface area contributed by atoms with Crippen LogP contribution >= 0.6 is 0 Å². The van der Waals surface area contributed by atoms with Crippen LogP contribution in [0.5, 0.6) is 0 Å². The highest BCUT2D eigenvalue weighted by Gasteiger charge is 2.48. The van der Waals surface area contributed by atoms with Gasteiger partial charge in [-0.3, -0.25) is 4.79 Å². The minimum atomic E-state index is -1.25. The number of carboxylic acid groups (broad SMARTS) is 1. The van der Waals surface area contributed by atoms with Gasteiger partial charge in [0.15, 0.2) is 5.69 Å². The van der Waals surface area contributed by atoms with Gasteiger partial charge >= 0.3 is 5.97 Å². The number of nitrogens with two attached hydrogens (primary N) is 1. The summed E-state index contributed by atoms with van der Waals surface area (Å²) in [4.78, 5) is 27.2. The van der Waals surface area contributed by atoms with Crippen molar-refractivity contribution in [1.29, 1.82) is 0 Å². The van der Waals surface area contributed by atoms with E-state index in [1.807, 2.05) is 0 Å². The molecule has 18 heavy (non-hydrogen) atoms. The van der Waals surface area contributed by atoms with Crippen molar-refractivity contribution < 1.29 is 14.7 Å². The van der Waals surface area contributed by atoms with Crippen molar-refractivity contribution in [2.45, 2.75) is 25.3 Å². The highest BCUT2D eigenvalue weighted by atomic mass is 16.4. The van der Waals surface area contributed by atoms with E-state index < -0.39 is 17.4 Å². The molecule has 1 fully saturated rings. The summed E-state index contributed by atoms with van der Waals surface area (Å²) in [6.45, 7) is 1.52. The van der Waals surface area contributed by atoms with Crippen LogP contribution in [0.3, 0.4) is 0 Å². The van der Waals surface area contributed by atoms with E-state index in [4.69, 9.17) is 5.73 Å². The topological polar surface area (TPSA) is 105 Å². The minimum absolute atomic E-state index is 0.0242. The number of rotatable bonds is 4. The van der Waals surface area contributed by atoms with E-state index in [0.717, 1.165) is 12.8 Å². The molecule has 1 aliphatic carbocycles. The Hall–Kier alpha value is -2.11. The van der Waals surface area contributed by atoms with Crippen molar-refractivity contribution >= 4 is 17.6 Å². The molecule has 2 rings (SSSR count). The number of amides is 1. The number of carbonyl (C=O) groups excluding carboxylic acids is 1. The maximum Gasteiger partial charge on any atom is 0.329 e. The number of aromatic nitrogens is 1. The van der Waals surface area contributed by atoms with Gasteiger partial charge in [-0.1, -0.05) is 0 Å². The zero-order chi connectivity index (χ0) is 13.3. The second kappa shape index (κ2) is 4.29. The zero-order valence-electron chi connectivity index (χ0n) is 10.0. The van der Waals surface area contributed by atoms with Crippen molar-refractivity contribution in [3.63, 3.8) is 0 Å². The van der Waals surface area contributed by atoms with E-state index in [2.05, 4.69) is 10.3 Å². The monoisotopic (exact) mass is 249 g/mol. The molecule has 0 spiro atoms. The highest BCUT2D eigenvalue weighted by Crippen LogP contribution is 2.39. The molecule has 1 atom stereocenters. The second-order valence-electron chi connectivity index (χ2n) is 4.68. The van der Waals surface area contributed by atoms with Crippen LogP contribution in [0.25, 0.3) is 0 Å². The second-order valence-corrected chi connectivity index (χ2v) is 4.68. The first-order valence-electron chi connectivity index (χ1n) is 5.71. The number of carboxylic acids is 1. The quantitative estimate of drug-likeness (QED) is 0.726. The van der Waals surface area contributed by atoms with Crippen molar-refractivity contribution in [3.05, 3.63) is 24.0 Å². The SMILES string of the molecule is CC(NC(=O)c1ncccc1N)(C(=O)O)C1CC1. The number of aliphatic carboxylic acids is 1. The van der Waals surface area contributed by atoms with Crippen molar-refractivity contribution in [2.75, 3.05) is 5.73 Å². The Bertz CT molecular complexity index is 499. The van der Waals surface area contributed by atoms with E-state index >= 15 is 0 Å². The molecule has 0 aromatic carbocycles. The maximum absolute atomic E-state index is 12.0. The van der Waals surface area contributed by atoms with E-state index in [-0.39, 0.29) is 17.3 Å². The molecule has 1 saturated carbocycles. The first-order valence-corrected chi connectivity index (χ1v) is 5.71. The Labute approximate surface area is 104 Å². The smallest absolute Gasteiger partial charge is 0.329 e. The van der Waals surface area contributed by atoms with Gasteiger partial charge in [0.25, 0.3) is 5.91 Å². The van der Waals surface area contributed by atoms with Gasteiger partial charge in [-0.25, -0.2) is 9.78 Å². The zero-order valence-corrected chi connectivity index (χ0v) is 10.0. The molecular formula is C12H15N3O3. The number of hydrogen-bond acceptors (Lipinski definition) is 4. The lowest BCUT2D eigenvalue weighted by molar-refractivity contribution is -0.144. The fourth-order valence-corrected chi connectivity index (χ4v) is 1.89. The number of nitrogen functional groups attached to an aromatic ring is 1. The first-order chi connectivity index (χ1) is 8.45. The molecule has 1 aliphatic rings. The Balaban J connectivity index is 2.20. The van der Waals surface area contributed by atoms with Gasteiger partial charge in [0.05, 0.1) is 5.69 Å². The van der Waals surface area contributed by atoms with Gasteiger partial charge in [0.1, 0.15) is 5.54 Å². The predicted octanol–water partition coefficient (Wildman–Crippen LogP) is 0.647. The third kappa shape index (κ3) is 2.13. The fourth-order valence-electron chi connectivity index (χ4n) is 1.89. The van der Waals surface area contributed by atoms with Crippen molar-refractivity contribution in [2.24, 2.45) is 5.92 Å². The Morgan fingerprint density at radius 2 is 2.22 bits per heavy atom. The molecule has 6 nitrogen and oxygen atoms in total. The van der Waals surface area contributed by atoms with Gasteiger partial charge in [-0.15, -0.1) is 0 Å². The van der Waals surface area contributed by atoms with Gasteiger partial charge in [-0.2, -0.15) is 0 Å². The molecule has 1 amide bonds. The lowest BCUT2D eigenvalue weighted by Gasteiger charge is -2.26. The molecule has 96 valence electrons. The summed E-state index contributed by atoms with van der Waals surface area (Å²) < 4.78 is 0. The van der Waals surface area contributed by atoms with Crippen LogP contribution in [0.15, 0.2) is 18.3 Å². The molecule has 1 unspecified atom stereocenters. The Morgan fingerprint density at radius 3 is 2.72 bits per heavy atom. The normalized spacial score (nSPS) is 17.8. The summed E-state index contributed by atoms with van der Waals surface area (Å²) in [7, 11) is 0. The molecule has 6 heteroatoms. The fraction of sp³-hybridized carbons (Fsp3) is 0.417. The molecule has 0 aliphatic heterocycles. The molecular weight excluding hydrogens is 234 g/mol. The number of anilines is 1. The summed E-state index contributed by atoms with van der Waals surface area (Å²) in [5.74, 6) is -1.61. The van der Waals surface area contributed by atoms with Crippen LogP contribution in [0, 0.1) is 5.92 Å². The van der Waals surface area contributed by atoms with Crippen molar-refractivity contribution in [1.82, 2.24) is 10.3 Å². The van der Waals surface area contributed by atoms with Gasteiger partial charge in [0, 0.05) is 6.20 Å². The van der Waals surface area contributed by atoms with Gasteiger partial charge in [0.2, 0.25) is 0 Å². The minimum Gasteiger partial charge on any atom is -0.480 e. The van der Waals surface area contributed by atoms with Crippen LogP contribution in [0.2, 0.25) is 0 Å². The molecule has 4 N–H and O–H groups in total. The number of nitrogens with one attached hydrogen (secondary N) is 1. The standard InChI is InChI=1S/C12H15N3O3/c1-12(11(17)18,7-4-5-7)15-10(16)9-8(13)3-2-6-14-9/h2-3,6-7H,4-5,13H2,1H3,(H,15,16)(H,17,18). The van der Waals surface area contributed by atoms with E-state index in [9.17, 15) is 14.7 Å². The number of hydrogen-bond donors (Lipinski definition) is 3. The third-order valence-electron chi connectivity index (χ3n) is 3.27. The number of pyridine rings is 1. The van der Waals surface area contributed by atoms with E-state index in [0.29, 0.717) is 0 Å². The highest BCUT2D eigenvalue weighted by molar-refractivity contribution is 6.00. The first kappa shape index (κ1) is 12.3. The lowest BCUT2D eigenvalue weighted by atomic mass is 9.95. The summed E-state index contributed by atoms with van der Waals surface area (Å²) >= 11 is 0. The molecule has 0 bridgehead atoms. The summed E-state index contributed by atoms with van der Waals surface area (Å²) in [5.41, 5.74) is 4.68. The van der Waals surface area contributed by atoms with Crippen LogP contribution in [0.4, 0.5) is 5.69 Å². The maximum atomic E-state index is 12.0. The average Bonchev–Trinajstić information content (AvgIpc) is 3.13. The molecule has 1 heterocycles. The van der Waals surface area contributed by atoms with Crippen LogP contribution in [0.1, 0.15) is 30.3 Å². The predicted molar refractivity (Wildman–Crippen MR) is 64.9 cm³/mol. The van der Waals surface area contributed by atoms with E-state index in [1.54, 1.807) is 12.1 Å². The summed E-state index contributed by atoms with van der Waals surface area (Å²) in [6, 6.07) is 3.17. The summed E-state index contributed by atoms with van der Waals surface area (Å²) in [5, 5.41) is 11.8. The largest absolute Gasteiger partial charge is 0.480 e. The van der Waals surface area contributed by atoms with Crippen LogP contribution < -0.4 is 11.1 Å². The van der Waals surface area contributed by atoms with E-state index in [1.165, 1.54) is 13.1 Å². The number of nitrogens with zero attached hydrogens (tertiary/aromatic N) is 1.